The summed E-state index contributed by atoms with van der Waals surface area (Å²) in [5.41, 5.74) is 1.94. The molecular formula is C13H18N2O3. The van der Waals surface area contributed by atoms with Crippen molar-refractivity contribution < 1.29 is 14.6 Å². The number of carbonyl (C=O) groups is 1. The molecule has 2 atom stereocenters. The summed E-state index contributed by atoms with van der Waals surface area (Å²) in [6, 6.07) is 0. The fraction of sp³-hybridized carbons (Fsp3) is 0.615. The van der Waals surface area contributed by atoms with Gasteiger partial charge in [0.1, 0.15) is 6.10 Å². The standard InChI is InChI=1S/C13H18N2O3/c1-3-11(18-2)12-14-7-9-6-8(13(16)17)4-5-10(9)15-12/h7-8,11H,3-6H2,1-2H3,(H,16,17). The molecule has 0 fully saturated rings. The normalized spacial score (nSPS) is 20.2. The summed E-state index contributed by atoms with van der Waals surface area (Å²) in [5.74, 6) is -0.322. The average molecular weight is 250 g/mol. The third kappa shape index (κ3) is 2.51. The van der Waals surface area contributed by atoms with Crippen LogP contribution in [0.2, 0.25) is 0 Å². The molecule has 1 aliphatic carbocycles. The Balaban J connectivity index is 2.22. The number of carboxylic acids is 1. The third-order valence-electron chi connectivity index (χ3n) is 3.46. The van der Waals surface area contributed by atoms with Crippen LogP contribution in [-0.4, -0.2) is 28.2 Å². The number of hydrogen-bond acceptors (Lipinski definition) is 4. The molecule has 0 amide bonds. The van der Waals surface area contributed by atoms with Crippen molar-refractivity contribution in [2.45, 2.75) is 38.7 Å². The van der Waals surface area contributed by atoms with Crippen molar-refractivity contribution in [2.75, 3.05) is 7.11 Å². The van der Waals surface area contributed by atoms with E-state index in [2.05, 4.69) is 9.97 Å². The highest BCUT2D eigenvalue weighted by Gasteiger charge is 2.26. The largest absolute Gasteiger partial charge is 0.481 e. The molecule has 0 spiro atoms. The first kappa shape index (κ1) is 13.0. The van der Waals surface area contributed by atoms with E-state index in [4.69, 9.17) is 9.84 Å². The van der Waals surface area contributed by atoms with Crippen molar-refractivity contribution >= 4 is 5.97 Å². The smallest absolute Gasteiger partial charge is 0.306 e. The minimum absolute atomic E-state index is 0.0764. The number of aliphatic carboxylic acids is 1. The highest BCUT2D eigenvalue weighted by Crippen LogP contribution is 2.26. The molecule has 2 unspecified atom stereocenters. The summed E-state index contributed by atoms with van der Waals surface area (Å²) in [5, 5.41) is 9.02. The molecule has 1 aromatic rings. The highest BCUT2D eigenvalue weighted by atomic mass is 16.5. The summed E-state index contributed by atoms with van der Waals surface area (Å²) >= 11 is 0. The van der Waals surface area contributed by atoms with E-state index < -0.39 is 5.97 Å². The molecule has 0 bridgehead atoms. The third-order valence-corrected chi connectivity index (χ3v) is 3.46. The Bertz CT molecular complexity index is 444. The first-order valence-electron chi connectivity index (χ1n) is 6.26. The second-order valence-electron chi connectivity index (χ2n) is 4.61. The number of fused-ring (bicyclic) bond motifs is 1. The van der Waals surface area contributed by atoms with Crippen LogP contribution in [0.4, 0.5) is 0 Å². The van der Waals surface area contributed by atoms with E-state index in [9.17, 15) is 4.79 Å². The molecule has 1 heterocycles. The molecule has 2 rings (SSSR count). The number of methoxy groups -OCH3 is 1. The van der Waals surface area contributed by atoms with Gasteiger partial charge in [0.05, 0.1) is 5.92 Å². The lowest BCUT2D eigenvalue weighted by molar-refractivity contribution is -0.142. The van der Waals surface area contributed by atoms with E-state index in [1.807, 2.05) is 6.92 Å². The van der Waals surface area contributed by atoms with E-state index in [-0.39, 0.29) is 12.0 Å². The van der Waals surface area contributed by atoms with Crippen molar-refractivity contribution in [3.05, 3.63) is 23.3 Å². The fourth-order valence-electron chi connectivity index (χ4n) is 2.34. The lowest BCUT2D eigenvalue weighted by Crippen LogP contribution is -2.24. The van der Waals surface area contributed by atoms with E-state index in [1.165, 1.54) is 0 Å². The Hall–Kier alpha value is -1.49. The SMILES string of the molecule is CCC(OC)c1ncc2c(n1)CCC(C(=O)O)C2. The zero-order chi connectivity index (χ0) is 13.1. The molecule has 5 nitrogen and oxygen atoms in total. The van der Waals surface area contributed by atoms with Gasteiger partial charge in [-0.15, -0.1) is 0 Å². The van der Waals surface area contributed by atoms with Crippen LogP contribution < -0.4 is 0 Å². The molecule has 0 saturated heterocycles. The lowest BCUT2D eigenvalue weighted by Gasteiger charge is -2.21. The van der Waals surface area contributed by atoms with Gasteiger partial charge in [-0.3, -0.25) is 4.79 Å². The van der Waals surface area contributed by atoms with Crippen LogP contribution in [0.15, 0.2) is 6.20 Å². The zero-order valence-electron chi connectivity index (χ0n) is 10.7. The van der Waals surface area contributed by atoms with Gasteiger partial charge in [0.15, 0.2) is 5.82 Å². The maximum atomic E-state index is 11.0. The van der Waals surface area contributed by atoms with Gasteiger partial charge in [-0.25, -0.2) is 9.97 Å². The van der Waals surface area contributed by atoms with Crippen molar-refractivity contribution in [3.8, 4) is 0 Å². The number of hydrogen-bond donors (Lipinski definition) is 1. The molecule has 0 aromatic carbocycles. The van der Waals surface area contributed by atoms with Crippen LogP contribution in [0.5, 0.6) is 0 Å². The number of carboxylic acid groups (broad SMARTS) is 1. The summed E-state index contributed by atoms with van der Waals surface area (Å²) in [7, 11) is 1.65. The Labute approximate surface area is 106 Å². The van der Waals surface area contributed by atoms with Gasteiger partial charge in [-0.05, 0) is 31.2 Å². The van der Waals surface area contributed by atoms with E-state index in [1.54, 1.807) is 13.3 Å². The second kappa shape index (κ2) is 5.44. The van der Waals surface area contributed by atoms with E-state index in [0.29, 0.717) is 25.1 Å². The summed E-state index contributed by atoms with van der Waals surface area (Å²) in [6.07, 6.45) is 4.41. The van der Waals surface area contributed by atoms with Crippen LogP contribution in [0.25, 0.3) is 0 Å². The number of aromatic nitrogens is 2. The number of rotatable bonds is 4. The molecule has 18 heavy (non-hydrogen) atoms. The van der Waals surface area contributed by atoms with Gasteiger partial charge in [0.2, 0.25) is 0 Å². The predicted octanol–water partition coefficient (Wildman–Crippen LogP) is 1.76. The van der Waals surface area contributed by atoms with Crippen LogP contribution in [0, 0.1) is 5.92 Å². The van der Waals surface area contributed by atoms with Crippen LogP contribution in [0.1, 0.15) is 43.0 Å². The number of ether oxygens (including phenoxy) is 1. The maximum absolute atomic E-state index is 11.0. The minimum atomic E-state index is -0.729. The van der Waals surface area contributed by atoms with Gasteiger partial charge < -0.3 is 9.84 Å². The molecule has 98 valence electrons. The molecular weight excluding hydrogens is 232 g/mol. The quantitative estimate of drug-likeness (QED) is 0.881. The van der Waals surface area contributed by atoms with Crippen LogP contribution in [0.3, 0.4) is 0 Å². The highest BCUT2D eigenvalue weighted by molar-refractivity contribution is 5.70. The van der Waals surface area contributed by atoms with Gasteiger partial charge in [0.25, 0.3) is 0 Å². The van der Waals surface area contributed by atoms with Crippen molar-refractivity contribution in [2.24, 2.45) is 5.92 Å². The second-order valence-corrected chi connectivity index (χ2v) is 4.61. The molecule has 1 aromatic heterocycles. The van der Waals surface area contributed by atoms with E-state index in [0.717, 1.165) is 17.7 Å². The lowest BCUT2D eigenvalue weighted by atomic mass is 9.87. The molecule has 0 aliphatic heterocycles. The van der Waals surface area contributed by atoms with Crippen molar-refractivity contribution in [3.63, 3.8) is 0 Å². The first-order chi connectivity index (χ1) is 8.65. The summed E-state index contributed by atoms with van der Waals surface area (Å²) in [6.45, 7) is 2.03. The molecule has 1 aliphatic rings. The zero-order valence-corrected chi connectivity index (χ0v) is 10.7. The van der Waals surface area contributed by atoms with Crippen LogP contribution in [-0.2, 0) is 22.4 Å². The van der Waals surface area contributed by atoms with Gasteiger partial charge >= 0.3 is 5.97 Å². The Morgan fingerprint density at radius 1 is 1.67 bits per heavy atom. The van der Waals surface area contributed by atoms with Gasteiger partial charge in [0, 0.05) is 19.0 Å². The Morgan fingerprint density at radius 2 is 2.44 bits per heavy atom. The minimum Gasteiger partial charge on any atom is -0.481 e. The topological polar surface area (TPSA) is 72.3 Å². The molecule has 5 heteroatoms. The first-order valence-corrected chi connectivity index (χ1v) is 6.26. The van der Waals surface area contributed by atoms with Crippen LogP contribution >= 0.6 is 0 Å². The van der Waals surface area contributed by atoms with Crippen molar-refractivity contribution in [1.29, 1.82) is 0 Å². The van der Waals surface area contributed by atoms with Gasteiger partial charge in [-0.1, -0.05) is 6.92 Å². The van der Waals surface area contributed by atoms with E-state index >= 15 is 0 Å². The molecule has 0 radical (unpaired) electrons. The summed E-state index contributed by atoms with van der Waals surface area (Å²) in [4.78, 5) is 19.8. The number of aryl methyl sites for hydroxylation is 1. The summed E-state index contributed by atoms with van der Waals surface area (Å²) < 4.78 is 5.32. The number of nitrogens with zero attached hydrogens (tertiary/aromatic N) is 2. The van der Waals surface area contributed by atoms with Crippen molar-refractivity contribution in [1.82, 2.24) is 9.97 Å². The monoisotopic (exact) mass is 250 g/mol. The Morgan fingerprint density at radius 3 is 3.06 bits per heavy atom. The Kier molecular flexibility index (Phi) is 3.91. The molecule has 0 saturated carbocycles. The molecule has 1 N–H and O–H groups in total. The maximum Gasteiger partial charge on any atom is 0.306 e. The fourth-order valence-corrected chi connectivity index (χ4v) is 2.34. The predicted molar refractivity (Wildman–Crippen MR) is 65.2 cm³/mol. The average Bonchev–Trinajstić information content (AvgIpc) is 2.39. The van der Waals surface area contributed by atoms with Gasteiger partial charge in [-0.2, -0.15) is 0 Å².